The van der Waals surface area contributed by atoms with Gasteiger partial charge >= 0.3 is 0 Å². The van der Waals surface area contributed by atoms with Crippen LogP contribution in [0.3, 0.4) is 0 Å². The van der Waals surface area contributed by atoms with E-state index in [1.807, 2.05) is 0 Å². The van der Waals surface area contributed by atoms with Gasteiger partial charge in [-0.1, -0.05) is 11.6 Å². The lowest BCUT2D eigenvalue weighted by atomic mass is 10.3. The molecule has 20 heavy (non-hydrogen) atoms. The molecule has 0 spiro atoms. The van der Waals surface area contributed by atoms with Gasteiger partial charge in [0.05, 0.1) is 4.90 Å². The Bertz CT molecular complexity index is 750. The van der Waals surface area contributed by atoms with Crippen LogP contribution in [0.5, 0.6) is 0 Å². The molecule has 2 aromatic rings. The number of nitrogens with two attached hydrogens (primary N) is 1. The van der Waals surface area contributed by atoms with Gasteiger partial charge in [0.2, 0.25) is 5.28 Å². The summed E-state index contributed by atoms with van der Waals surface area (Å²) < 4.78 is 27.2. The average molecular weight is 398 g/mol. The van der Waals surface area contributed by atoms with E-state index >= 15 is 0 Å². The monoisotopic (exact) mass is 396 g/mol. The largest absolute Gasteiger partial charge is 0.398 e. The van der Waals surface area contributed by atoms with Gasteiger partial charge in [0.25, 0.3) is 10.0 Å². The average Bonchev–Trinajstić information content (AvgIpc) is 2.30. The minimum absolute atomic E-state index is 0.0101. The number of nitrogen functional groups attached to an aromatic ring is 1. The van der Waals surface area contributed by atoms with E-state index in [9.17, 15) is 8.42 Å². The molecule has 0 aliphatic heterocycles. The first-order chi connectivity index (χ1) is 9.28. The molecule has 0 aliphatic rings. The topological polar surface area (TPSA) is 98.0 Å². The second-order valence-electron chi connectivity index (χ2n) is 3.63. The van der Waals surface area contributed by atoms with Crippen LogP contribution >= 0.6 is 39.1 Å². The van der Waals surface area contributed by atoms with Crippen LogP contribution in [0, 0.1) is 0 Å². The van der Waals surface area contributed by atoms with E-state index in [1.54, 1.807) is 0 Å². The highest BCUT2D eigenvalue weighted by molar-refractivity contribution is 9.10. The lowest BCUT2D eigenvalue weighted by molar-refractivity contribution is 0.601. The highest BCUT2D eigenvalue weighted by Crippen LogP contribution is 2.24. The number of benzene rings is 1. The quantitative estimate of drug-likeness (QED) is 0.471. The number of hydrogen-bond acceptors (Lipinski definition) is 5. The molecule has 0 fully saturated rings. The molecule has 6 nitrogen and oxygen atoms in total. The molecule has 1 aromatic heterocycles. The first-order valence-electron chi connectivity index (χ1n) is 5.06. The number of sulfonamides is 1. The molecule has 0 bridgehead atoms. The Balaban J connectivity index is 2.37. The van der Waals surface area contributed by atoms with Crippen molar-refractivity contribution in [1.29, 1.82) is 0 Å². The maximum atomic E-state index is 12.2. The van der Waals surface area contributed by atoms with Crippen molar-refractivity contribution in [2.24, 2.45) is 0 Å². The van der Waals surface area contributed by atoms with E-state index in [2.05, 4.69) is 30.6 Å². The van der Waals surface area contributed by atoms with Crippen LogP contribution < -0.4 is 10.5 Å². The number of rotatable bonds is 3. The van der Waals surface area contributed by atoms with E-state index in [-0.39, 0.29) is 21.2 Å². The van der Waals surface area contributed by atoms with E-state index in [0.29, 0.717) is 10.2 Å². The molecule has 1 heterocycles. The number of nitrogens with one attached hydrogen (secondary N) is 1. The van der Waals surface area contributed by atoms with Gasteiger partial charge in [0.15, 0.2) is 0 Å². The van der Waals surface area contributed by atoms with Gasteiger partial charge in [-0.2, -0.15) is 4.98 Å². The molecule has 2 rings (SSSR count). The Morgan fingerprint density at radius 1 is 1.20 bits per heavy atom. The summed E-state index contributed by atoms with van der Waals surface area (Å²) in [6, 6.07) is 5.49. The van der Waals surface area contributed by atoms with Crippen LogP contribution in [0.1, 0.15) is 0 Å². The molecule has 106 valence electrons. The molecule has 1 aromatic carbocycles. The maximum Gasteiger partial charge on any atom is 0.263 e. The lowest BCUT2D eigenvalue weighted by Crippen LogP contribution is -2.14. The normalized spacial score (nSPS) is 11.3. The smallest absolute Gasteiger partial charge is 0.263 e. The van der Waals surface area contributed by atoms with Crippen molar-refractivity contribution in [3.63, 3.8) is 0 Å². The fourth-order valence-electron chi connectivity index (χ4n) is 1.33. The molecule has 10 heteroatoms. The lowest BCUT2D eigenvalue weighted by Gasteiger charge is -2.08. The van der Waals surface area contributed by atoms with Crippen LogP contribution in [0.2, 0.25) is 10.4 Å². The SMILES string of the molecule is Nc1cc(S(=O)(=O)Nc2cc(Cl)nc(Cl)n2)ccc1Br. The summed E-state index contributed by atoms with van der Waals surface area (Å²) in [6.45, 7) is 0. The number of halogens is 3. The Hall–Kier alpha value is -1.09. The van der Waals surface area contributed by atoms with Gasteiger partial charge in [-0.25, -0.2) is 13.4 Å². The predicted octanol–water partition coefficient (Wildman–Crippen LogP) is 2.93. The van der Waals surface area contributed by atoms with Crippen LogP contribution in [0.4, 0.5) is 11.5 Å². The summed E-state index contributed by atoms with van der Waals surface area (Å²) in [4.78, 5) is 7.34. The van der Waals surface area contributed by atoms with Gasteiger partial charge in [-0.15, -0.1) is 0 Å². The number of aromatic nitrogens is 2. The molecular weight excluding hydrogens is 391 g/mol. The second kappa shape index (κ2) is 5.72. The summed E-state index contributed by atoms with van der Waals surface area (Å²) in [6.07, 6.45) is 0. The zero-order chi connectivity index (χ0) is 14.9. The Morgan fingerprint density at radius 3 is 2.50 bits per heavy atom. The fourth-order valence-corrected chi connectivity index (χ4v) is 3.01. The summed E-state index contributed by atoms with van der Waals surface area (Å²) >= 11 is 14.5. The molecule has 0 unspecified atom stereocenters. The zero-order valence-corrected chi connectivity index (χ0v) is 13.6. The summed E-state index contributed by atoms with van der Waals surface area (Å²) in [7, 11) is -3.84. The van der Waals surface area contributed by atoms with Gasteiger partial charge in [-0.3, -0.25) is 4.72 Å². The number of hydrogen-bond donors (Lipinski definition) is 2. The van der Waals surface area contributed by atoms with Gasteiger partial charge in [0.1, 0.15) is 11.0 Å². The predicted molar refractivity (Wildman–Crippen MR) is 81.4 cm³/mol. The highest BCUT2D eigenvalue weighted by atomic mass is 79.9. The number of nitrogens with zero attached hydrogens (tertiary/aromatic N) is 2. The molecule has 0 aliphatic carbocycles. The van der Waals surface area contributed by atoms with Gasteiger partial charge in [-0.05, 0) is 45.7 Å². The van der Waals surface area contributed by atoms with Crippen molar-refractivity contribution in [2.75, 3.05) is 10.5 Å². The van der Waals surface area contributed by atoms with Crippen LogP contribution in [-0.2, 0) is 10.0 Å². The van der Waals surface area contributed by atoms with Crippen molar-refractivity contribution in [2.45, 2.75) is 4.90 Å². The minimum atomic E-state index is -3.84. The van der Waals surface area contributed by atoms with E-state index in [1.165, 1.54) is 24.3 Å². The van der Waals surface area contributed by atoms with Crippen molar-refractivity contribution in [3.05, 3.63) is 39.2 Å². The summed E-state index contributed by atoms with van der Waals surface area (Å²) in [5, 5.41) is -0.136. The van der Waals surface area contributed by atoms with E-state index in [0.717, 1.165) is 0 Å². The van der Waals surface area contributed by atoms with Gasteiger partial charge in [0, 0.05) is 16.2 Å². The van der Waals surface area contributed by atoms with E-state index in [4.69, 9.17) is 28.9 Å². The maximum absolute atomic E-state index is 12.2. The van der Waals surface area contributed by atoms with Crippen molar-refractivity contribution >= 4 is 60.7 Å². The molecular formula is C10H7BrCl2N4O2S. The first kappa shape index (κ1) is 15.3. The zero-order valence-electron chi connectivity index (χ0n) is 9.64. The summed E-state index contributed by atoms with van der Waals surface area (Å²) in [5.74, 6) is -0.0310. The third-order valence-electron chi connectivity index (χ3n) is 2.18. The molecule has 0 saturated carbocycles. The summed E-state index contributed by atoms with van der Waals surface area (Å²) in [5.41, 5.74) is 5.95. The van der Waals surface area contributed by atoms with Crippen molar-refractivity contribution < 1.29 is 8.42 Å². The third kappa shape index (κ3) is 3.51. The Kier molecular flexibility index (Phi) is 4.38. The molecule has 0 atom stereocenters. The minimum Gasteiger partial charge on any atom is -0.398 e. The van der Waals surface area contributed by atoms with Crippen molar-refractivity contribution in [1.82, 2.24) is 9.97 Å². The van der Waals surface area contributed by atoms with Crippen LogP contribution in [0.15, 0.2) is 33.6 Å². The van der Waals surface area contributed by atoms with Crippen LogP contribution in [-0.4, -0.2) is 18.4 Å². The Morgan fingerprint density at radius 2 is 1.90 bits per heavy atom. The molecule has 0 radical (unpaired) electrons. The molecule has 3 N–H and O–H groups in total. The molecule has 0 amide bonds. The Labute approximate surface area is 133 Å². The van der Waals surface area contributed by atoms with Gasteiger partial charge < -0.3 is 5.73 Å². The number of anilines is 2. The first-order valence-corrected chi connectivity index (χ1v) is 8.09. The van der Waals surface area contributed by atoms with Crippen molar-refractivity contribution in [3.8, 4) is 0 Å². The standard InChI is InChI=1S/C10H7BrCl2N4O2S/c11-6-2-1-5(3-7(6)14)20(18,19)17-9-4-8(12)15-10(13)16-9/h1-4H,14H2,(H,15,16,17). The van der Waals surface area contributed by atoms with E-state index < -0.39 is 10.0 Å². The molecule has 0 saturated heterocycles. The second-order valence-corrected chi connectivity index (χ2v) is 6.90. The fraction of sp³-hybridized carbons (Fsp3) is 0. The third-order valence-corrected chi connectivity index (χ3v) is 4.62. The highest BCUT2D eigenvalue weighted by Gasteiger charge is 2.16. The van der Waals surface area contributed by atoms with Crippen LogP contribution in [0.25, 0.3) is 0 Å².